The Morgan fingerprint density at radius 2 is 1.53 bits per heavy atom. The van der Waals surface area contributed by atoms with Crippen molar-refractivity contribution in [3.63, 3.8) is 0 Å². The van der Waals surface area contributed by atoms with Crippen LogP contribution in [-0.2, 0) is 9.53 Å². The van der Waals surface area contributed by atoms with Crippen molar-refractivity contribution in [2.75, 3.05) is 12.0 Å². The van der Waals surface area contributed by atoms with Crippen LogP contribution in [-0.4, -0.2) is 36.7 Å². The fourth-order valence-electron chi connectivity index (χ4n) is 6.08. The Balaban J connectivity index is 1.71. The number of carbonyl (C=O) groups excluding carboxylic acids is 3. The van der Waals surface area contributed by atoms with Crippen LogP contribution in [0, 0.1) is 11.2 Å². The molecule has 3 atom stereocenters. The van der Waals surface area contributed by atoms with E-state index >= 15 is 4.39 Å². The topological polar surface area (TPSA) is 63.7 Å². The number of nitrogens with zero attached hydrogens (tertiary/aromatic N) is 1. The van der Waals surface area contributed by atoms with Gasteiger partial charge in [0.25, 0.3) is 0 Å². The summed E-state index contributed by atoms with van der Waals surface area (Å²) in [6.45, 7) is 0. The molecule has 34 heavy (non-hydrogen) atoms. The lowest BCUT2D eigenvalue weighted by molar-refractivity contribution is -0.142. The van der Waals surface area contributed by atoms with Crippen molar-refractivity contribution in [1.82, 2.24) is 0 Å². The largest absolute Gasteiger partial charge is 0.467 e. The summed E-state index contributed by atoms with van der Waals surface area (Å²) in [7, 11) is 1.26. The lowest BCUT2D eigenvalue weighted by atomic mass is 9.64. The summed E-state index contributed by atoms with van der Waals surface area (Å²) >= 11 is 0. The minimum Gasteiger partial charge on any atom is -0.467 e. The van der Waals surface area contributed by atoms with E-state index in [0.29, 0.717) is 16.8 Å². The molecule has 0 N–H and O–H groups in total. The monoisotopic (exact) mass is 453 g/mol. The molecule has 0 radical (unpaired) electrons. The number of Topliss-reactive ketones (excluding diaryl/α,β-unsaturated/α-hetero) is 2. The van der Waals surface area contributed by atoms with Crippen LogP contribution in [0.25, 0.3) is 6.08 Å². The molecule has 6 rings (SSSR count). The number of methoxy groups -OCH3 is 1. The molecule has 1 fully saturated rings. The number of hydrogen-bond acceptors (Lipinski definition) is 5. The van der Waals surface area contributed by atoms with Gasteiger partial charge in [0.2, 0.25) is 0 Å². The molecule has 3 aromatic rings. The summed E-state index contributed by atoms with van der Waals surface area (Å²) in [5.74, 6) is -3.08. The molecule has 0 saturated carbocycles. The summed E-state index contributed by atoms with van der Waals surface area (Å²) in [6.07, 6.45) is 3.65. The molecule has 3 aromatic carbocycles. The number of anilines is 1. The average molecular weight is 453 g/mol. The van der Waals surface area contributed by atoms with Gasteiger partial charge in [-0.25, -0.2) is 9.18 Å². The van der Waals surface area contributed by atoms with Crippen LogP contribution in [0.5, 0.6) is 0 Å². The van der Waals surface area contributed by atoms with E-state index in [9.17, 15) is 14.4 Å². The Bertz CT molecular complexity index is 1380. The van der Waals surface area contributed by atoms with E-state index in [4.69, 9.17) is 4.74 Å². The first-order valence-electron chi connectivity index (χ1n) is 11.1. The number of ether oxygens (including phenoxy) is 1. The van der Waals surface area contributed by atoms with Gasteiger partial charge >= 0.3 is 5.97 Å². The summed E-state index contributed by atoms with van der Waals surface area (Å²) in [5, 5.41) is 0. The second-order valence-electron chi connectivity index (χ2n) is 8.81. The van der Waals surface area contributed by atoms with Gasteiger partial charge in [-0.1, -0.05) is 72.8 Å². The SMILES string of the molecule is COC(=O)[C@H]1[C@H](c2ccccc2F)C2(C(=O)c3ccccc3C2=O)[C@H]2C=Cc3ccccc3N12. The molecule has 0 amide bonds. The van der Waals surface area contributed by atoms with E-state index < -0.39 is 46.8 Å². The van der Waals surface area contributed by atoms with E-state index in [1.165, 1.54) is 13.2 Å². The second-order valence-corrected chi connectivity index (χ2v) is 8.81. The minimum atomic E-state index is -1.71. The van der Waals surface area contributed by atoms with Crippen molar-refractivity contribution in [1.29, 1.82) is 0 Å². The third-order valence-electron chi connectivity index (χ3n) is 7.40. The summed E-state index contributed by atoms with van der Waals surface area (Å²) in [4.78, 5) is 43.5. The first-order valence-corrected chi connectivity index (χ1v) is 11.1. The normalized spacial score (nSPS) is 23.6. The Morgan fingerprint density at radius 1 is 0.912 bits per heavy atom. The molecular formula is C28H20FNO4. The van der Waals surface area contributed by atoms with Crippen LogP contribution in [0.4, 0.5) is 10.1 Å². The molecule has 168 valence electrons. The van der Waals surface area contributed by atoms with Crippen LogP contribution in [0.3, 0.4) is 0 Å². The maximum atomic E-state index is 15.4. The zero-order valence-corrected chi connectivity index (χ0v) is 18.3. The van der Waals surface area contributed by atoms with Gasteiger partial charge in [0.05, 0.1) is 13.2 Å². The molecule has 5 nitrogen and oxygen atoms in total. The van der Waals surface area contributed by atoms with E-state index in [2.05, 4.69) is 0 Å². The number of fused-ring (bicyclic) bond motifs is 5. The van der Waals surface area contributed by atoms with Crippen molar-refractivity contribution < 1.29 is 23.5 Å². The standard InChI is InChI=1S/C28H20FNO4/c1-34-27(33)24-23(19-11-5-6-12-20(19)29)28(25(31)17-9-3-4-10-18(17)26(28)32)22-15-14-16-8-2-7-13-21(16)30(22)24/h2-15,22-24H,1H3/t22-,23+,24-/m1/s1. The first-order chi connectivity index (χ1) is 16.5. The molecular weight excluding hydrogens is 433 g/mol. The maximum absolute atomic E-state index is 15.4. The highest BCUT2D eigenvalue weighted by molar-refractivity contribution is 6.32. The predicted octanol–water partition coefficient (Wildman–Crippen LogP) is 4.43. The van der Waals surface area contributed by atoms with Gasteiger partial charge in [0, 0.05) is 22.7 Å². The number of rotatable bonds is 2. The van der Waals surface area contributed by atoms with E-state index in [1.54, 1.807) is 53.4 Å². The number of hydrogen-bond donors (Lipinski definition) is 0. The molecule has 0 aromatic heterocycles. The van der Waals surface area contributed by atoms with Crippen LogP contribution < -0.4 is 4.90 Å². The molecule has 0 bridgehead atoms. The van der Waals surface area contributed by atoms with Crippen LogP contribution in [0.1, 0.15) is 37.8 Å². The van der Waals surface area contributed by atoms with E-state index in [-0.39, 0.29) is 5.56 Å². The summed E-state index contributed by atoms with van der Waals surface area (Å²) in [6, 6.07) is 18.3. The lowest BCUT2D eigenvalue weighted by Crippen LogP contribution is -2.48. The number of halogens is 1. The smallest absolute Gasteiger partial charge is 0.329 e. The third kappa shape index (κ3) is 2.40. The maximum Gasteiger partial charge on any atom is 0.329 e. The van der Waals surface area contributed by atoms with E-state index in [0.717, 1.165) is 5.56 Å². The predicted molar refractivity (Wildman–Crippen MR) is 124 cm³/mol. The van der Waals surface area contributed by atoms with Gasteiger partial charge in [0.1, 0.15) is 17.3 Å². The zero-order chi connectivity index (χ0) is 23.6. The van der Waals surface area contributed by atoms with Crippen molar-refractivity contribution in [3.05, 3.63) is 107 Å². The third-order valence-corrected chi connectivity index (χ3v) is 7.40. The molecule has 2 heterocycles. The average Bonchev–Trinajstić information content (AvgIpc) is 3.30. The number of para-hydroxylation sites is 1. The first kappa shape index (κ1) is 20.5. The van der Waals surface area contributed by atoms with Crippen molar-refractivity contribution in [2.45, 2.75) is 18.0 Å². The zero-order valence-electron chi connectivity index (χ0n) is 18.3. The Morgan fingerprint density at radius 3 is 2.21 bits per heavy atom. The molecule has 0 unspecified atom stereocenters. The molecule has 3 aliphatic rings. The summed E-state index contributed by atoms with van der Waals surface area (Å²) in [5.41, 5.74) is 0.563. The lowest BCUT2D eigenvalue weighted by Gasteiger charge is -2.36. The fraction of sp³-hybridized carbons (Fsp3) is 0.179. The molecule has 2 aliphatic heterocycles. The van der Waals surface area contributed by atoms with E-state index in [1.807, 2.05) is 30.3 Å². The molecule has 6 heteroatoms. The Hall–Kier alpha value is -4.06. The highest BCUT2D eigenvalue weighted by Gasteiger charge is 2.72. The molecule has 1 aliphatic carbocycles. The highest BCUT2D eigenvalue weighted by atomic mass is 19.1. The van der Waals surface area contributed by atoms with Crippen molar-refractivity contribution >= 4 is 29.3 Å². The van der Waals surface area contributed by atoms with Gasteiger partial charge in [0.15, 0.2) is 11.6 Å². The molecule has 1 spiro atoms. The summed E-state index contributed by atoms with van der Waals surface area (Å²) < 4.78 is 20.6. The fourth-order valence-corrected chi connectivity index (χ4v) is 6.08. The quantitative estimate of drug-likeness (QED) is 0.424. The highest BCUT2D eigenvalue weighted by Crippen LogP contribution is 2.60. The van der Waals surface area contributed by atoms with Crippen LogP contribution in [0.15, 0.2) is 78.9 Å². The Labute approximate surface area is 195 Å². The van der Waals surface area contributed by atoms with Gasteiger partial charge in [-0.3, -0.25) is 9.59 Å². The number of benzene rings is 3. The number of esters is 1. The van der Waals surface area contributed by atoms with Gasteiger partial charge in [-0.2, -0.15) is 0 Å². The van der Waals surface area contributed by atoms with Gasteiger partial charge in [-0.05, 0) is 23.3 Å². The Kier molecular flexibility index (Phi) is 4.36. The van der Waals surface area contributed by atoms with Crippen molar-refractivity contribution in [2.24, 2.45) is 5.41 Å². The minimum absolute atomic E-state index is 0.146. The number of carbonyl (C=O) groups is 3. The van der Waals surface area contributed by atoms with Gasteiger partial charge < -0.3 is 9.64 Å². The number of ketones is 2. The van der Waals surface area contributed by atoms with Gasteiger partial charge in [-0.15, -0.1) is 0 Å². The van der Waals surface area contributed by atoms with Crippen LogP contribution in [0.2, 0.25) is 0 Å². The van der Waals surface area contributed by atoms with Crippen LogP contribution >= 0.6 is 0 Å². The second kappa shape index (κ2) is 7.22. The van der Waals surface area contributed by atoms with Crippen molar-refractivity contribution in [3.8, 4) is 0 Å². The molecule has 1 saturated heterocycles.